The fraction of sp³-hybridized carbons (Fsp3) is 0.407. The predicted molar refractivity (Wildman–Crippen MR) is 147 cm³/mol. The van der Waals surface area contributed by atoms with Crippen LogP contribution in [-0.2, 0) is 28.3 Å². The van der Waals surface area contributed by atoms with Crippen LogP contribution in [0.3, 0.4) is 0 Å². The number of pyridine rings is 1. The van der Waals surface area contributed by atoms with Gasteiger partial charge in [0.25, 0.3) is 15.9 Å². The Balaban J connectivity index is 1.65. The summed E-state index contributed by atoms with van der Waals surface area (Å²) in [6.07, 6.45) is 5.23. The lowest BCUT2D eigenvalue weighted by Crippen LogP contribution is -2.48. The van der Waals surface area contributed by atoms with E-state index in [0.29, 0.717) is 22.6 Å². The first kappa shape index (κ1) is 29.2. The highest BCUT2D eigenvalue weighted by molar-refractivity contribution is 7.89. The summed E-state index contributed by atoms with van der Waals surface area (Å²) in [5, 5.41) is 12.6. The number of aliphatic hydroxyl groups is 1. The molecule has 3 atom stereocenters. The molecule has 0 fully saturated rings. The number of aliphatic hydroxyl groups excluding tert-OH is 1. The van der Waals surface area contributed by atoms with E-state index in [1.165, 1.54) is 36.3 Å². The Morgan fingerprint density at radius 2 is 2.00 bits per heavy atom. The standard InChI is InChI=1S/C27H34N6O6S/c1-18-13-33(19(2)16-34)26(35)12-21-11-22(30-27(36)20-7-9-28-10-8-20)5-6-23(21)39-24(18)14-32(4)40(37,38)25-15-31(3)17-29-25/h5-11,15,17-19,24,34H,12-14,16H2,1-4H3,(H,30,36)/t18-,19-,24+/m1/s1. The topological polar surface area (TPSA) is 147 Å². The number of amides is 2. The summed E-state index contributed by atoms with van der Waals surface area (Å²) >= 11 is 0. The maximum Gasteiger partial charge on any atom is 0.261 e. The molecule has 1 aliphatic rings. The van der Waals surface area contributed by atoms with Crippen molar-refractivity contribution in [2.75, 3.05) is 32.1 Å². The number of hydrogen-bond donors (Lipinski definition) is 2. The highest BCUT2D eigenvalue weighted by Crippen LogP contribution is 2.30. The maximum atomic E-state index is 13.4. The van der Waals surface area contributed by atoms with E-state index in [2.05, 4.69) is 15.3 Å². The zero-order chi connectivity index (χ0) is 29.0. The second-order valence-electron chi connectivity index (χ2n) is 10.1. The van der Waals surface area contributed by atoms with Crippen LogP contribution in [0.15, 0.2) is 60.3 Å². The van der Waals surface area contributed by atoms with Crippen LogP contribution in [0.5, 0.6) is 5.75 Å². The maximum absolute atomic E-state index is 13.4. The number of carbonyl (C=O) groups is 2. The van der Waals surface area contributed by atoms with Crippen molar-refractivity contribution >= 4 is 27.5 Å². The SMILES string of the molecule is C[C@@H]1CN([C@H](C)CO)C(=O)Cc2cc(NC(=O)c3ccncc3)ccc2O[C@H]1CN(C)S(=O)(=O)c1cn(C)cn1. The van der Waals surface area contributed by atoms with Gasteiger partial charge in [0.15, 0.2) is 5.03 Å². The molecule has 0 aliphatic carbocycles. The van der Waals surface area contributed by atoms with Gasteiger partial charge in [0.2, 0.25) is 5.91 Å². The number of hydrogen-bond acceptors (Lipinski definition) is 8. The Morgan fingerprint density at radius 3 is 2.65 bits per heavy atom. The van der Waals surface area contributed by atoms with Gasteiger partial charge >= 0.3 is 0 Å². The lowest BCUT2D eigenvalue weighted by atomic mass is 10.0. The van der Waals surface area contributed by atoms with Gasteiger partial charge in [0, 0.05) is 62.0 Å². The summed E-state index contributed by atoms with van der Waals surface area (Å²) < 4.78 is 35.5. The Bertz CT molecular complexity index is 1460. The Kier molecular flexibility index (Phi) is 8.86. The first-order chi connectivity index (χ1) is 19.0. The van der Waals surface area contributed by atoms with Gasteiger partial charge in [0.1, 0.15) is 11.9 Å². The Hall–Kier alpha value is -3.81. The van der Waals surface area contributed by atoms with E-state index in [1.54, 1.807) is 53.8 Å². The number of aromatic nitrogens is 3. The van der Waals surface area contributed by atoms with Crippen molar-refractivity contribution in [3.63, 3.8) is 0 Å². The van der Waals surface area contributed by atoms with Gasteiger partial charge in [-0.05, 0) is 37.3 Å². The van der Waals surface area contributed by atoms with Crippen molar-refractivity contribution in [2.45, 2.75) is 37.4 Å². The van der Waals surface area contributed by atoms with Gasteiger partial charge in [-0.2, -0.15) is 4.31 Å². The van der Waals surface area contributed by atoms with Gasteiger partial charge in [-0.15, -0.1) is 0 Å². The number of aryl methyl sites for hydroxylation is 1. The van der Waals surface area contributed by atoms with Crippen LogP contribution in [0.1, 0.15) is 29.8 Å². The Morgan fingerprint density at radius 1 is 1.27 bits per heavy atom. The lowest BCUT2D eigenvalue weighted by Gasteiger charge is -2.33. The van der Waals surface area contributed by atoms with Crippen LogP contribution in [0, 0.1) is 5.92 Å². The number of imidazole rings is 1. The van der Waals surface area contributed by atoms with Crippen LogP contribution in [0.2, 0.25) is 0 Å². The first-order valence-electron chi connectivity index (χ1n) is 12.8. The van der Waals surface area contributed by atoms with Crippen molar-refractivity contribution in [3.05, 3.63) is 66.4 Å². The molecule has 0 bridgehead atoms. The fourth-order valence-corrected chi connectivity index (χ4v) is 5.61. The molecule has 214 valence electrons. The van der Waals surface area contributed by atoms with Gasteiger partial charge in [-0.3, -0.25) is 14.6 Å². The molecule has 1 aromatic carbocycles. The zero-order valence-electron chi connectivity index (χ0n) is 22.9. The van der Waals surface area contributed by atoms with E-state index in [1.807, 2.05) is 6.92 Å². The molecule has 0 saturated heterocycles. The third-order valence-electron chi connectivity index (χ3n) is 6.91. The summed E-state index contributed by atoms with van der Waals surface area (Å²) in [6.45, 7) is 3.65. The number of anilines is 1. The fourth-order valence-electron chi connectivity index (χ4n) is 4.46. The second kappa shape index (κ2) is 12.1. The molecular formula is C27H34N6O6S. The normalized spacial score (nSPS) is 18.8. The minimum atomic E-state index is -3.89. The van der Waals surface area contributed by atoms with Crippen molar-refractivity contribution in [2.24, 2.45) is 13.0 Å². The van der Waals surface area contributed by atoms with Crippen molar-refractivity contribution in [1.82, 2.24) is 23.7 Å². The predicted octanol–water partition coefficient (Wildman–Crippen LogP) is 1.54. The minimum absolute atomic E-state index is 0.00438. The number of rotatable bonds is 8. The van der Waals surface area contributed by atoms with Crippen LogP contribution >= 0.6 is 0 Å². The van der Waals surface area contributed by atoms with E-state index < -0.39 is 22.2 Å². The first-order valence-corrected chi connectivity index (χ1v) is 14.3. The summed E-state index contributed by atoms with van der Waals surface area (Å²) in [5.74, 6) is -0.433. The van der Waals surface area contributed by atoms with Gasteiger partial charge < -0.3 is 24.6 Å². The van der Waals surface area contributed by atoms with Crippen molar-refractivity contribution < 1.29 is 27.9 Å². The molecule has 0 saturated carbocycles. The van der Waals surface area contributed by atoms with E-state index in [-0.39, 0.29) is 48.9 Å². The molecule has 13 heteroatoms. The van der Waals surface area contributed by atoms with Crippen molar-refractivity contribution in [3.8, 4) is 5.75 Å². The number of ether oxygens (including phenoxy) is 1. The van der Waals surface area contributed by atoms with E-state index in [9.17, 15) is 23.1 Å². The van der Waals surface area contributed by atoms with Crippen LogP contribution in [-0.4, -0.2) is 88.0 Å². The number of likely N-dealkylation sites (N-methyl/N-ethyl adjacent to an activating group) is 1. The second-order valence-corrected chi connectivity index (χ2v) is 12.1. The van der Waals surface area contributed by atoms with E-state index in [0.717, 1.165) is 0 Å². The molecule has 0 spiro atoms. The average Bonchev–Trinajstić information content (AvgIpc) is 3.40. The number of carbonyl (C=O) groups excluding carboxylic acids is 2. The monoisotopic (exact) mass is 570 g/mol. The molecule has 2 N–H and O–H groups in total. The molecule has 1 aliphatic heterocycles. The molecule has 40 heavy (non-hydrogen) atoms. The quantitative estimate of drug-likeness (QED) is 0.415. The summed E-state index contributed by atoms with van der Waals surface area (Å²) in [4.78, 5) is 35.6. The molecule has 12 nitrogen and oxygen atoms in total. The highest BCUT2D eigenvalue weighted by Gasteiger charge is 2.34. The molecule has 2 amide bonds. The minimum Gasteiger partial charge on any atom is -0.488 e. The number of fused-ring (bicyclic) bond motifs is 1. The van der Waals surface area contributed by atoms with E-state index in [4.69, 9.17) is 4.74 Å². The van der Waals surface area contributed by atoms with Gasteiger partial charge in [-0.1, -0.05) is 6.92 Å². The van der Waals surface area contributed by atoms with Gasteiger partial charge in [-0.25, -0.2) is 13.4 Å². The lowest BCUT2D eigenvalue weighted by molar-refractivity contribution is -0.134. The highest BCUT2D eigenvalue weighted by atomic mass is 32.2. The number of nitrogens with zero attached hydrogens (tertiary/aromatic N) is 5. The van der Waals surface area contributed by atoms with Gasteiger partial charge in [0.05, 0.1) is 31.9 Å². The molecule has 4 rings (SSSR count). The third-order valence-corrected chi connectivity index (χ3v) is 8.62. The average molecular weight is 571 g/mol. The smallest absolute Gasteiger partial charge is 0.261 e. The van der Waals surface area contributed by atoms with Crippen LogP contribution < -0.4 is 10.1 Å². The third kappa shape index (κ3) is 6.49. The van der Waals surface area contributed by atoms with Crippen LogP contribution in [0.4, 0.5) is 5.69 Å². The molecule has 0 unspecified atom stereocenters. The Labute approximate surface area is 233 Å². The number of sulfonamides is 1. The summed E-state index contributed by atoms with van der Waals surface area (Å²) in [7, 11) is -0.740. The molecular weight excluding hydrogens is 536 g/mol. The van der Waals surface area contributed by atoms with Crippen molar-refractivity contribution in [1.29, 1.82) is 0 Å². The van der Waals surface area contributed by atoms with Crippen LogP contribution in [0.25, 0.3) is 0 Å². The van der Waals surface area contributed by atoms with E-state index >= 15 is 0 Å². The molecule has 3 heterocycles. The molecule has 0 radical (unpaired) electrons. The largest absolute Gasteiger partial charge is 0.488 e. The summed E-state index contributed by atoms with van der Waals surface area (Å²) in [6, 6.07) is 7.75. The molecule has 3 aromatic rings. The number of nitrogens with one attached hydrogen (secondary N) is 1. The number of benzene rings is 1. The molecule has 2 aromatic heterocycles. The zero-order valence-corrected chi connectivity index (χ0v) is 23.7. The summed E-state index contributed by atoms with van der Waals surface area (Å²) in [5.41, 5.74) is 1.43.